The van der Waals surface area contributed by atoms with Crippen LogP contribution in [0.4, 0.5) is 4.79 Å². The smallest absolute Gasteiger partial charge is 0.450 e. The van der Waals surface area contributed by atoms with E-state index in [0.29, 0.717) is 0 Å². The summed E-state index contributed by atoms with van der Waals surface area (Å²) in [7, 11) is 0. The summed E-state index contributed by atoms with van der Waals surface area (Å²) in [5, 5.41) is 9.42. The monoisotopic (exact) mass is 191 g/mol. The van der Waals surface area contributed by atoms with Gasteiger partial charge in [-0.2, -0.15) is 0 Å². The fraction of sp³-hybridized carbons (Fsp3) is 0.100. The highest BCUT2D eigenvalue weighted by Crippen LogP contribution is 2.14. The normalized spacial score (nSPS) is 10.3. The Balaban J connectivity index is 2.29. The fourth-order valence-corrected chi connectivity index (χ4v) is 1.38. The second-order valence-corrected chi connectivity index (χ2v) is 2.88. The Morgan fingerprint density at radius 3 is 2.93 bits per heavy atom. The van der Waals surface area contributed by atoms with Gasteiger partial charge in [-0.05, 0) is 17.5 Å². The zero-order chi connectivity index (χ0) is 9.97. The molecule has 4 heteroatoms. The first-order valence-electron chi connectivity index (χ1n) is 4.17. The standard InChI is InChI=1S/C10H9NO3/c12-10(13)14-7-11-6-5-8-3-1-2-4-9(8)11/h1-6H,7H2,(H,12,13). The van der Waals surface area contributed by atoms with E-state index in [9.17, 15) is 4.79 Å². The lowest BCUT2D eigenvalue weighted by Crippen LogP contribution is -2.05. The average Bonchev–Trinajstić information content (AvgIpc) is 2.58. The summed E-state index contributed by atoms with van der Waals surface area (Å²) in [6.45, 7) is 0.0306. The molecule has 0 aliphatic rings. The number of rotatable bonds is 2. The Morgan fingerprint density at radius 2 is 2.14 bits per heavy atom. The van der Waals surface area contributed by atoms with Gasteiger partial charge in [-0.15, -0.1) is 0 Å². The van der Waals surface area contributed by atoms with Gasteiger partial charge in [0, 0.05) is 6.20 Å². The molecule has 0 saturated heterocycles. The Labute approximate surface area is 80.3 Å². The molecule has 2 rings (SSSR count). The van der Waals surface area contributed by atoms with Crippen LogP contribution in [0.2, 0.25) is 0 Å². The van der Waals surface area contributed by atoms with E-state index in [-0.39, 0.29) is 6.73 Å². The molecule has 0 fully saturated rings. The molecule has 14 heavy (non-hydrogen) atoms. The number of fused-ring (bicyclic) bond motifs is 1. The van der Waals surface area contributed by atoms with Crippen LogP contribution in [0.15, 0.2) is 36.5 Å². The van der Waals surface area contributed by atoms with Gasteiger partial charge in [0.25, 0.3) is 0 Å². The largest absolute Gasteiger partial charge is 0.507 e. The molecule has 1 aromatic carbocycles. The minimum Gasteiger partial charge on any atom is -0.450 e. The van der Waals surface area contributed by atoms with E-state index in [4.69, 9.17) is 5.11 Å². The summed E-state index contributed by atoms with van der Waals surface area (Å²) in [5.41, 5.74) is 0.966. The van der Waals surface area contributed by atoms with Crippen molar-refractivity contribution in [1.29, 1.82) is 0 Å². The lowest BCUT2D eigenvalue weighted by Gasteiger charge is -2.03. The molecule has 0 radical (unpaired) electrons. The topological polar surface area (TPSA) is 51.5 Å². The van der Waals surface area contributed by atoms with E-state index in [1.165, 1.54) is 0 Å². The number of benzene rings is 1. The van der Waals surface area contributed by atoms with Crippen LogP contribution in [-0.2, 0) is 11.5 Å². The first kappa shape index (κ1) is 8.62. The predicted molar refractivity (Wildman–Crippen MR) is 51.0 cm³/mol. The molecule has 0 bridgehead atoms. The summed E-state index contributed by atoms with van der Waals surface area (Å²) in [6.07, 6.45) is 0.538. The van der Waals surface area contributed by atoms with Crippen molar-refractivity contribution in [3.05, 3.63) is 36.5 Å². The molecule has 0 aliphatic heterocycles. The lowest BCUT2D eigenvalue weighted by molar-refractivity contribution is 0.0663. The van der Waals surface area contributed by atoms with Crippen molar-refractivity contribution in [1.82, 2.24) is 4.57 Å². The van der Waals surface area contributed by atoms with E-state index >= 15 is 0 Å². The van der Waals surface area contributed by atoms with Crippen LogP contribution in [0, 0.1) is 0 Å². The van der Waals surface area contributed by atoms with Crippen molar-refractivity contribution in [2.45, 2.75) is 6.73 Å². The molecule has 0 amide bonds. The van der Waals surface area contributed by atoms with Crippen LogP contribution in [0.5, 0.6) is 0 Å². The highest BCUT2D eigenvalue weighted by molar-refractivity contribution is 5.79. The van der Waals surface area contributed by atoms with Crippen molar-refractivity contribution < 1.29 is 14.6 Å². The summed E-state index contributed by atoms with van der Waals surface area (Å²) < 4.78 is 6.21. The Bertz CT molecular complexity index is 461. The van der Waals surface area contributed by atoms with Crippen molar-refractivity contribution in [2.75, 3.05) is 0 Å². The molecule has 2 aromatic rings. The number of para-hydroxylation sites is 1. The van der Waals surface area contributed by atoms with E-state index in [1.807, 2.05) is 30.3 Å². The molecular formula is C10H9NO3. The van der Waals surface area contributed by atoms with E-state index in [0.717, 1.165) is 10.9 Å². The third-order valence-electron chi connectivity index (χ3n) is 2.01. The molecule has 1 aromatic heterocycles. The number of carboxylic acid groups (broad SMARTS) is 1. The maximum atomic E-state index is 10.2. The van der Waals surface area contributed by atoms with Crippen LogP contribution >= 0.6 is 0 Å². The molecular weight excluding hydrogens is 182 g/mol. The molecule has 72 valence electrons. The number of hydrogen-bond donors (Lipinski definition) is 1. The zero-order valence-electron chi connectivity index (χ0n) is 7.38. The van der Waals surface area contributed by atoms with Crippen LogP contribution in [0.25, 0.3) is 10.9 Å². The maximum Gasteiger partial charge on any atom is 0.507 e. The number of nitrogens with zero attached hydrogens (tertiary/aromatic N) is 1. The third-order valence-corrected chi connectivity index (χ3v) is 2.01. The lowest BCUT2D eigenvalue weighted by atomic mass is 10.2. The van der Waals surface area contributed by atoms with Gasteiger partial charge in [-0.1, -0.05) is 18.2 Å². The van der Waals surface area contributed by atoms with Gasteiger partial charge in [0.2, 0.25) is 0 Å². The van der Waals surface area contributed by atoms with Crippen molar-refractivity contribution >= 4 is 17.1 Å². The van der Waals surface area contributed by atoms with E-state index in [1.54, 1.807) is 10.8 Å². The van der Waals surface area contributed by atoms with Crippen LogP contribution < -0.4 is 0 Å². The van der Waals surface area contributed by atoms with Gasteiger partial charge in [0.15, 0.2) is 6.73 Å². The zero-order valence-corrected chi connectivity index (χ0v) is 7.38. The molecule has 1 N–H and O–H groups in total. The van der Waals surface area contributed by atoms with Gasteiger partial charge in [-0.25, -0.2) is 4.79 Å². The van der Waals surface area contributed by atoms with Crippen LogP contribution in [0.1, 0.15) is 0 Å². The van der Waals surface area contributed by atoms with Gasteiger partial charge < -0.3 is 14.4 Å². The first-order valence-corrected chi connectivity index (χ1v) is 4.17. The maximum absolute atomic E-state index is 10.2. The number of aromatic nitrogens is 1. The minimum absolute atomic E-state index is 0.0306. The highest BCUT2D eigenvalue weighted by Gasteiger charge is 2.01. The molecule has 0 saturated carbocycles. The quantitative estimate of drug-likeness (QED) is 0.741. The summed E-state index contributed by atoms with van der Waals surface area (Å²) in [4.78, 5) is 10.2. The van der Waals surface area contributed by atoms with Crippen molar-refractivity contribution in [2.24, 2.45) is 0 Å². The van der Waals surface area contributed by atoms with E-state index < -0.39 is 6.16 Å². The second kappa shape index (κ2) is 3.41. The Kier molecular flexibility index (Phi) is 2.10. The Morgan fingerprint density at radius 1 is 1.36 bits per heavy atom. The highest BCUT2D eigenvalue weighted by atomic mass is 16.7. The third kappa shape index (κ3) is 1.54. The van der Waals surface area contributed by atoms with Crippen molar-refractivity contribution in [3.8, 4) is 0 Å². The number of hydrogen-bond acceptors (Lipinski definition) is 2. The Hall–Kier alpha value is -1.97. The number of ether oxygens (including phenoxy) is 1. The first-order chi connectivity index (χ1) is 6.77. The molecule has 0 aliphatic carbocycles. The van der Waals surface area contributed by atoms with Gasteiger partial charge in [0.1, 0.15) is 0 Å². The molecule has 0 spiro atoms. The van der Waals surface area contributed by atoms with E-state index in [2.05, 4.69) is 4.74 Å². The number of carbonyl (C=O) groups is 1. The molecule has 4 nitrogen and oxygen atoms in total. The summed E-state index contributed by atoms with van der Waals surface area (Å²) in [5.74, 6) is 0. The molecule has 0 unspecified atom stereocenters. The van der Waals surface area contributed by atoms with Crippen molar-refractivity contribution in [3.63, 3.8) is 0 Å². The van der Waals surface area contributed by atoms with Crippen LogP contribution in [0.3, 0.4) is 0 Å². The molecule has 0 atom stereocenters. The van der Waals surface area contributed by atoms with Gasteiger partial charge in [0.05, 0.1) is 5.52 Å². The summed E-state index contributed by atoms with van der Waals surface area (Å²) >= 11 is 0. The fourth-order valence-electron chi connectivity index (χ4n) is 1.38. The predicted octanol–water partition coefficient (Wildman–Crippen LogP) is 2.29. The average molecular weight is 191 g/mol. The van der Waals surface area contributed by atoms with Crippen LogP contribution in [-0.4, -0.2) is 15.8 Å². The van der Waals surface area contributed by atoms with Gasteiger partial charge >= 0.3 is 6.16 Å². The SMILES string of the molecule is O=C(O)OCn1ccc2ccccc21. The second-order valence-electron chi connectivity index (χ2n) is 2.88. The molecule has 1 heterocycles. The van der Waals surface area contributed by atoms with Gasteiger partial charge in [-0.3, -0.25) is 0 Å². The minimum atomic E-state index is -1.26. The summed E-state index contributed by atoms with van der Waals surface area (Å²) in [6, 6.07) is 9.64.